The Labute approximate surface area is 155 Å². The zero-order valence-electron chi connectivity index (χ0n) is 13.3. The number of aliphatic hydroxyl groups is 1. The number of amides is 1. The molecule has 0 fully saturated rings. The Balaban J connectivity index is 1.64. The van der Waals surface area contributed by atoms with Crippen LogP contribution in [0.5, 0.6) is 0 Å². The number of benzene rings is 2. The minimum Gasteiger partial charge on any atom is -0.387 e. The molecule has 2 aromatic carbocycles. The molecule has 1 heterocycles. The van der Waals surface area contributed by atoms with Crippen LogP contribution in [0.25, 0.3) is 10.4 Å². The Kier molecular flexibility index (Phi) is 5.71. The van der Waals surface area contributed by atoms with E-state index in [-0.39, 0.29) is 0 Å². The zero-order valence-corrected chi connectivity index (χ0v) is 14.9. The van der Waals surface area contributed by atoms with Gasteiger partial charge >= 0.3 is 0 Å². The van der Waals surface area contributed by atoms with Crippen molar-refractivity contribution in [1.29, 1.82) is 0 Å². The van der Waals surface area contributed by atoms with Crippen LogP contribution in [0.3, 0.4) is 0 Å². The molecule has 0 aliphatic rings. The molecule has 0 aliphatic heterocycles. The van der Waals surface area contributed by atoms with Gasteiger partial charge in [0.15, 0.2) is 0 Å². The first kappa shape index (κ1) is 17.5. The van der Waals surface area contributed by atoms with Gasteiger partial charge in [-0.05, 0) is 48.0 Å². The third-order valence-corrected chi connectivity index (χ3v) is 4.90. The Hall–Kier alpha value is -2.34. The summed E-state index contributed by atoms with van der Waals surface area (Å²) in [6, 6.07) is 19.4. The van der Waals surface area contributed by atoms with Gasteiger partial charge in [0.2, 0.25) is 5.91 Å². The van der Waals surface area contributed by atoms with E-state index < -0.39 is 12.5 Å². The van der Waals surface area contributed by atoms with E-state index in [9.17, 15) is 4.79 Å². The van der Waals surface area contributed by atoms with Crippen LogP contribution < -0.4 is 10.6 Å². The largest absolute Gasteiger partial charge is 0.387 e. The van der Waals surface area contributed by atoms with Crippen LogP contribution in [0.15, 0.2) is 60.7 Å². The maximum absolute atomic E-state index is 11.2. The van der Waals surface area contributed by atoms with Gasteiger partial charge in [0.1, 0.15) is 6.61 Å². The highest BCUT2D eigenvalue weighted by Crippen LogP contribution is 2.30. The smallest absolute Gasteiger partial charge is 0.250 e. The molecule has 0 aliphatic carbocycles. The standard InChI is InChI=1S/C19H17ClN2O2S/c20-14-4-1-3-13(9-14)18-8-7-17(25-18)11-21-15-5-2-6-16(10-15)22-19(24)12-23/h1-10,21,23H,11-12H2,(H,22,24). The van der Waals surface area contributed by atoms with Crippen molar-refractivity contribution in [3.63, 3.8) is 0 Å². The highest BCUT2D eigenvalue weighted by molar-refractivity contribution is 7.15. The SMILES string of the molecule is O=C(CO)Nc1cccc(NCc2ccc(-c3cccc(Cl)c3)s2)c1. The number of hydrogen-bond acceptors (Lipinski definition) is 4. The Morgan fingerprint density at radius 2 is 1.84 bits per heavy atom. The van der Waals surface area contributed by atoms with Gasteiger partial charge in [-0.15, -0.1) is 11.3 Å². The molecule has 3 aromatic rings. The average Bonchev–Trinajstić information content (AvgIpc) is 3.09. The van der Waals surface area contributed by atoms with E-state index >= 15 is 0 Å². The van der Waals surface area contributed by atoms with Gasteiger partial charge in [0, 0.05) is 32.7 Å². The molecule has 0 saturated carbocycles. The number of aliphatic hydroxyl groups excluding tert-OH is 1. The summed E-state index contributed by atoms with van der Waals surface area (Å²) in [6.45, 7) is 0.155. The number of hydrogen-bond donors (Lipinski definition) is 3. The predicted molar refractivity (Wildman–Crippen MR) is 104 cm³/mol. The van der Waals surface area contributed by atoms with Gasteiger partial charge in [0.25, 0.3) is 0 Å². The maximum Gasteiger partial charge on any atom is 0.250 e. The number of anilines is 2. The molecule has 1 amide bonds. The molecule has 25 heavy (non-hydrogen) atoms. The maximum atomic E-state index is 11.2. The van der Waals surface area contributed by atoms with Crippen molar-refractivity contribution >= 4 is 40.2 Å². The van der Waals surface area contributed by atoms with Crippen molar-refractivity contribution in [3.05, 3.63) is 70.6 Å². The van der Waals surface area contributed by atoms with Crippen molar-refractivity contribution in [2.24, 2.45) is 0 Å². The summed E-state index contributed by atoms with van der Waals surface area (Å²) in [7, 11) is 0. The van der Waals surface area contributed by atoms with Crippen LogP contribution in [0.2, 0.25) is 5.02 Å². The molecular weight excluding hydrogens is 356 g/mol. The second-order valence-corrected chi connectivity index (χ2v) is 7.02. The lowest BCUT2D eigenvalue weighted by Crippen LogP contribution is -2.15. The molecular formula is C19H17ClN2O2S. The molecule has 0 saturated heterocycles. The van der Waals surface area contributed by atoms with Crippen molar-refractivity contribution in [3.8, 4) is 10.4 Å². The Morgan fingerprint density at radius 3 is 2.64 bits per heavy atom. The summed E-state index contributed by atoms with van der Waals surface area (Å²) in [6.07, 6.45) is 0. The van der Waals surface area contributed by atoms with Crippen LogP contribution in [-0.2, 0) is 11.3 Å². The zero-order chi connectivity index (χ0) is 17.6. The Morgan fingerprint density at radius 1 is 1.04 bits per heavy atom. The van der Waals surface area contributed by atoms with Crippen LogP contribution in [0.1, 0.15) is 4.88 Å². The minimum atomic E-state index is -0.529. The Bertz CT molecular complexity index is 879. The van der Waals surface area contributed by atoms with Crippen LogP contribution in [0.4, 0.5) is 11.4 Å². The van der Waals surface area contributed by atoms with Gasteiger partial charge < -0.3 is 15.7 Å². The van der Waals surface area contributed by atoms with Gasteiger partial charge in [-0.2, -0.15) is 0 Å². The topological polar surface area (TPSA) is 61.4 Å². The second-order valence-electron chi connectivity index (χ2n) is 5.42. The van der Waals surface area contributed by atoms with Gasteiger partial charge in [-0.1, -0.05) is 29.8 Å². The number of carbonyl (C=O) groups excluding carboxylic acids is 1. The van der Waals surface area contributed by atoms with E-state index in [0.29, 0.717) is 12.2 Å². The van der Waals surface area contributed by atoms with Crippen molar-refractivity contribution in [1.82, 2.24) is 0 Å². The van der Waals surface area contributed by atoms with Crippen molar-refractivity contribution in [2.75, 3.05) is 17.2 Å². The van der Waals surface area contributed by atoms with E-state index in [1.54, 1.807) is 17.4 Å². The molecule has 0 radical (unpaired) electrons. The van der Waals surface area contributed by atoms with E-state index in [4.69, 9.17) is 16.7 Å². The summed E-state index contributed by atoms with van der Waals surface area (Å²) < 4.78 is 0. The quantitative estimate of drug-likeness (QED) is 0.592. The number of thiophene rings is 1. The van der Waals surface area contributed by atoms with E-state index in [2.05, 4.69) is 22.8 Å². The van der Waals surface area contributed by atoms with Crippen molar-refractivity contribution in [2.45, 2.75) is 6.54 Å². The number of carbonyl (C=O) groups is 1. The summed E-state index contributed by atoms with van der Waals surface area (Å²) in [5.41, 5.74) is 2.65. The fraction of sp³-hybridized carbons (Fsp3) is 0.105. The summed E-state index contributed by atoms with van der Waals surface area (Å²) in [5.74, 6) is -0.429. The normalized spacial score (nSPS) is 10.5. The molecule has 0 spiro atoms. The van der Waals surface area contributed by atoms with Crippen LogP contribution in [0, 0.1) is 0 Å². The first-order valence-corrected chi connectivity index (χ1v) is 8.93. The molecule has 4 nitrogen and oxygen atoms in total. The lowest BCUT2D eigenvalue weighted by atomic mass is 10.2. The molecule has 3 N–H and O–H groups in total. The predicted octanol–water partition coefficient (Wildman–Crippen LogP) is 4.61. The highest BCUT2D eigenvalue weighted by atomic mass is 35.5. The summed E-state index contributed by atoms with van der Waals surface area (Å²) in [4.78, 5) is 13.6. The molecule has 0 unspecified atom stereocenters. The first-order valence-electron chi connectivity index (χ1n) is 7.73. The average molecular weight is 373 g/mol. The van der Waals surface area contributed by atoms with Crippen LogP contribution >= 0.6 is 22.9 Å². The van der Waals surface area contributed by atoms with E-state index in [1.165, 1.54) is 9.75 Å². The summed E-state index contributed by atoms with van der Waals surface area (Å²) in [5, 5.41) is 15.5. The fourth-order valence-electron chi connectivity index (χ4n) is 2.37. The van der Waals surface area contributed by atoms with Gasteiger partial charge in [-0.25, -0.2) is 0 Å². The summed E-state index contributed by atoms with van der Waals surface area (Å²) >= 11 is 7.76. The third kappa shape index (κ3) is 4.82. The molecule has 128 valence electrons. The van der Waals surface area contributed by atoms with Gasteiger partial charge in [-0.3, -0.25) is 4.79 Å². The lowest BCUT2D eigenvalue weighted by molar-refractivity contribution is -0.118. The fourth-order valence-corrected chi connectivity index (χ4v) is 3.50. The van der Waals surface area contributed by atoms with E-state index in [0.717, 1.165) is 16.3 Å². The monoisotopic (exact) mass is 372 g/mol. The highest BCUT2D eigenvalue weighted by Gasteiger charge is 2.05. The molecule has 6 heteroatoms. The van der Waals surface area contributed by atoms with Gasteiger partial charge in [0.05, 0.1) is 0 Å². The third-order valence-electron chi connectivity index (χ3n) is 3.53. The van der Waals surface area contributed by atoms with Crippen LogP contribution in [-0.4, -0.2) is 17.6 Å². The number of rotatable bonds is 6. The first-order chi connectivity index (χ1) is 12.1. The lowest BCUT2D eigenvalue weighted by Gasteiger charge is -2.08. The molecule has 0 bridgehead atoms. The van der Waals surface area contributed by atoms with Crippen molar-refractivity contribution < 1.29 is 9.90 Å². The number of nitrogens with one attached hydrogen (secondary N) is 2. The molecule has 0 atom stereocenters. The number of halogens is 1. The molecule has 1 aromatic heterocycles. The minimum absolute atomic E-state index is 0.429. The second kappa shape index (κ2) is 8.16. The molecule has 3 rings (SSSR count). The van der Waals surface area contributed by atoms with E-state index in [1.807, 2.05) is 42.5 Å².